The molecule has 3 rings (SSSR count). The first-order valence-corrected chi connectivity index (χ1v) is 9.85. The number of oxazole rings is 1. The molecule has 25 heavy (non-hydrogen) atoms. The number of hydrogen-bond acceptors (Lipinski definition) is 6. The van der Waals surface area contributed by atoms with E-state index in [1.807, 2.05) is 0 Å². The van der Waals surface area contributed by atoms with Crippen LogP contribution in [0, 0.1) is 5.92 Å². The number of carbonyl (C=O) groups excluding carboxylic acids is 1. The lowest BCUT2D eigenvalue weighted by atomic mass is 10.2. The summed E-state index contributed by atoms with van der Waals surface area (Å²) < 4.78 is 35.9. The van der Waals surface area contributed by atoms with Crippen LogP contribution in [0.4, 0.5) is 4.79 Å². The number of para-hydroxylation sites is 2. The van der Waals surface area contributed by atoms with Crippen LogP contribution in [0.15, 0.2) is 33.9 Å². The van der Waals surface area contributed by atoms with Gasteiger partial charge >= 0.3 is 11.3 Å². The number of aromatic nitrogens is 1. The average molecular weight is 366 g/mol. The number of likely N-dealkylation sites (tertiary alicyclic amines) is 1. The Morgan fingerprint density at radius 1 is 1.36 bits per heavy atom. The van der Waals surface area contributed by atoms with E-state index >= 15 is 0 Å². The molecule has 0 unspecified atom stereocenters. The molecule has 0 bridgehead atoms. The van der Waals surface area contributed by atoms with Gasteiger partial charge in [0.05, 0.1) is 5.75 Å². The molecule has 2 heterocycles. The number of rotatable bonds is 3. The van der Waals surface area contributed by atoms with Crippen LogP contribution in [0.3, 0.4) is 0 Å². The summed E-state index contributed by atoms with van der Waals surface area (Å²) in [6, 6.07) is 6.93. The Morgan fingerprint density at radius 2 is 2.08 bits per heavy atom. The van der Waals surface area contributed by atoms with E-state index in [9.17, 15) is 13.2 Å². The standard InChI is InChI=1S/C17H22N2O5S/c1-17(2,3)24-16(20)19-9-8-12(10-19)11-25(21,22)15-18-13-6-4-5-7-14(13)23-15/h4-7,12H,8-11H2,1-3H3/t12-/m1/s1. The van der Waals surface area contributed by atoms with Crippen LogP contribution in [0.1, 0.15) is 27.2 Å². The second kappa shape index (κ2) is 6.33. The molecule has 0 spiro atoms. The topological polar surface area (TPSA) is 89.7 Å². The minimum Gasteiger partial charge on any atom is -0.444 e. The van der Waals surface area contributed by atoms with Crippen molar-refractivity contribution < 1.29 is 22.4 Å². The fraction of sp³-hybridized carbons (Fsp3) is 0.529. The van der Waals surface area contributed by atoms with Crippen molar-refractivity contribution in [2.45, 2.75) is 38.0 Å². The van der Waals surface area contributed by atoms with Crippen LogP contribution in [0.2, 0.25) is 0 Å². The number of sulfone groups is 1. The van der Waals surface area contributed by atoms with Crippen molar-refractivity contribution >= 4 is 27.0 Å². The third-order valence-electron chi connectivity index (χ3n) is 3.93. The van der Waals surface area contributed by atoms with Crippen LogP contribution >= 0.6 is 0 Å². The number of ether oxygens (including phenoxy) is 1. The van der Waals surface area contributed by atoms with Gasteiger partial charge in [0.15, 0.2) is 5.58 Å². The summed E-state index contributed by atoms with van der Waals surface area (Å²) in [6.07, 6.45) is 0.202. The third-order valence-corrected chi connectivity index (χ3v) is 5.55. The second-order valence-corrected chi connectivity index (χ2v) is 9.22. The molecule has 0 N–H and O–H groups in total. The third kappa shape index (κ3) is 4.12. The molecule has 1 atom stereocenters. The summed E-state index contributed by atoms with van der Waals surface area (Å²) in [6.45, 7) is 6.25. The van der Waals surface area contributed by atoms with E-state index in [0.717, 1.165) is 0 Å². The van der Waals surface area contributed by atoms with E-state index in [2.05, 4.69) is 4.98 Å². The van der Waals surface area contributed by atoms with Crippen molar-refractivity contribution in [3.8, 4) is 0 Å². The van der Waals surface area contributed by atoms with Crippen molar-refractivity contribution in [1.29, 1.82) is 0 Å². The van der Waals surface area contributed by atoms with Gasteiger partial charge < -0.3 is 14.1 Å². The largest absolute Gasteiger partial charge is 0.444 e. The van der Waals surface area contributed by atoms with Crippen molar-refractivity contribution in [1.82, 2.24) is 9.88 Å². The Labute approximate surface area is 146 Å². The molecule has 7 nitrogen and oxygen atoms in total. The molecule has 0 saturated carbocycles. The quantitative estimate of drug-likeness (QED) is 0.830. The fourth-order valence-corrected chi connectivity index (χ4v) is 4.32. The first-order chi connectivity index (χ1) is 11.6. The highest BCUT2D eigenvalue weighted by Gasteiger charge is 2.34. The number of benzene rings is 1. The number of hydrogen-bond donors (Lipinski definition) is 0. The molecule has 1 aromatic heterocycles. The van der Waals surface area contributed by atoms with Crippen LogP contribution in [0.5, 0.6) is 0 Å². The lowest BCUT2D eigenvalue weighted by Gasteiger charge is -2.24. The van der Waals surface area contributed by atoms with Gasteiger partial charge in [-0.15, -0.1) is 0 Å². The number of carbonyl (C=O) groups is 1. The molecule has 1 aliphatic heterocycles. The van der Waals surface area contributed by atoms with Crippen molar-refractivity contribution in [2.75, 3.05) is 18.8 Å². The van der Waals surface area contributed by atoms with Gasteiger partial charge in [-0.05, 0) is 45.2 Å². The molecule has 8 heteroatoms. The van der Waals surface area contributed by atoms with E-state index in [1.54, 1.807) is 49.9 Å². The maximum Gasteiger partial charge on any atom is 0.410 e. The smallest absolute Gasteiger partial charge is 0.410 e. The molecule has 1 aromatic carbocycles. The number of fused-ring (bicyclic) bond motifs is 1. The Hall–Kier alpha value is -2.09. The monoisotopic (exact) mass is 366 g/mol. The fourth-order valence-electron chi connectivity index (χ4n) is 2.83. The summed E-state index contributed by atoms with van der Waals surface area (Å²) >= 11 is 0. The normalized spacial score (nSPS) is 18.7. The molecule has 1 fully saturated rings. The van der Waals surface area contributed by atoms with E-state index < -0.39 is 21.5 Å². The van der Waals surface area contributed by atoms with Gasteiger partial charge in [0.2, 0.25) is 9.84 Å². The van der Waals surface area contributed by atoms with E-state index in [4.69, 9.17) is 9.15 Å². The zero-order valence-corrected chi connectivity index (χ0v) is 15.4. The van der Waals surface area contributed by atoms with Crippen LogP contribution < -0.4 is 0 Å². The molecule has 0 aliphatic carbocycles. The Morgan fingerprint density at radius 3 is 2.76 bits per heavy atom. The summed E-state index contributed by atoms with van der Waals surface area (Å²) in [7, 11) is -3.65. The van der Waals surface area contributed by atoms with Gasteiger partial charge in [-0.3, -0.25) is 0 Å². The highest BCUT2D eigenvalue weighted by atomic mass is 32.2. The maximum atomic E-state index is 12.6. The predicted molar refractivity (Wildman–Crippen MR) is 92.0 cm³/mol. The van der Waals surface area contributed by atoms with Gasteiger partial charge in [0.1, 0.15) is 11.1 Å². The second-order valence-electron chi connectivity index (χ2n) is 7.31. The molecular weight excluding hydrogens is 344 g/mol. The van der Waals surface area contributed by atoms with Gasteiger partial charge in [-0.2, -0.15) is 4.98 Å². The Kier molecular flexibility index (Phi) is 4.49. The summed E-state index contributed by atoms with van der Waals surface area (Å²) in [5.74, 6) is -0.258. The first kappa shape index (κ1) is 17.7. The van der Waals surface area contributed by atoms with Crippen molar-refractivity contribution in [3.63, 3.8) is 0 Å². The van der Waals surface area contributed by atoms with Gasteiger partial charge in [-0.25, -0.2) is 13.2 Å². The van der Waals surface area contributed by atoms with E-state index in [-0.39, 0.29) is 16.9 Å². The molecule has 1 aliphatic rings. The maximum absolute atomic E-state index is 12.6. The first-order valence-electron chi connectivity index (χ1n) is 8.20. The zero-order valence-electron chi connectivity index (χ0n) is 14.6. The molecular formula is C17H22N2O5S. The van der Waals surface area contributed by atoms with Gasteiger partial charge in [0, 0.05) is 13.1 Å². The summed E-state index contributed by atoms with van der Waals surface area (Å²) in [5, 5.41) is -0.260. The van der Waals surface area contributed by atoms with E-state index in [1.165, 1.54) is 0 Å². The molecule has 0 radical (unpaired) electrons. The molecule has 2 aromatic rings. The summed E-state index contributed by atoms with van der Waals surface area (Å²) in [4.78, 5) is 17.7. The van der Waals surface area contributed by atoms with Gasteiger partial charge in [0.25, 0.3) is 0 Å². The van der Waals surface area contributed by atoms with Crippen LogP contribution in [-0.4, -0.2) is 48.8 Å². The predicted octanol–water partition coefficient (Wildman–Crippen LogP) is 2.86. The Balaban J connectivity index is 1.67. The molecule has 1 amide bonds. The van der Waals surface area contributed by atoms with E-state index in [0.29, 0.717) is 30.6 Å². The zero-order chi connectivity index (χ0) is 18.2. The number of amides is 1. The highest BCUT2D eigenvalue weighted by Crippen LogP contribution is 2.25. The van der Waals surface area contributed by atoms with Crippen LogP contribution in [0.25, 0.3) is 11.1 Å². The minimum absolute atomic E-state index is 0.0981. The molecule has 1 saturated heterocycles. The lowest BCUT2D eigenvalue weighted by molar-refractivity contribution is 0.0289. The average Bonchev–Trinajstić information content (AvgIpc) is 3.11. The Bertz CT molecular complexity index is 849. The highest BCUT2D eigenvalue weighted by molar-refractivity contribution is 7.91. The lowest BCUT2D eigenvalue weighted by Crippen LogP contribution is -2.35. The molecule has 136 valence electrons. The minimum atomic E-state index is -3.65. The van der Waals surface area contributed by atoms with Gasteiger partial charge in [-0.1, -0.05) is 12.1 Å². The number of nitrogens with zero attached hydrogens (tertiary/aromatic N) is 2. The SMILES string of the molecule is CC(C)(C)OC(=O)N1CC[C@@H](CS(=O)(=O)c2nc3ccccc3o2)C1. The summed E-state index contributed by atoms with van der Waals surface area (Å²) in [5.41, 5.74) is 0.394. The van der Waals surface area contributed by atoms with Crippen LogP contribution in [-0.2, 0) is 14.6 Å². The van der Waals surface area contributed by atoms with Crippen molar-refractivity contribution in [3.05, 3.63) is 24.3 Å². The van der Waals surface area contributed by atoms with Crippen molar-refractivity contribution in [2.24, 2.45) is 5.92 Å².